The molecule has 0 saturated heterocycles. The normalized spacial score (nSPS) is 10.3. The number of nitrogens with one attached hydrogen (secondary N) is 1. The van der Waals surface area contributed by atoms with Gasteiger partial charge in [-0.2, -0.15) is 0 Å². The standard InChI is InChI=1S/C21H18FN3O2/c1-3-25-13-17(19(26)16-11-10-14(2)24-20(16)25)21(27)23-12-6-8-15-7-4-5-9-18(15)22/h4-5,7,9-11,13H,3,12H2,1-2H3,(H,23,27). The maximum Gasteiger partial charge on any atom is 0.257 e. The van der Waals surface area contributed by atoms with Gasteiger partial charge in [0.25, 0.3) is 5.91 Å². The van der Waals surface area contributed by atoms with Crippen molar-refractivity contribution in [2.75, 3.05) is 6.54 Å². The summed E-state index contributed by atoms with van der Waals surface area (Å²) in [5.74, 6) is 4.41. The topological polar surface area (TPSA) is 64.0 Å². The van der Waals surface area contributed by atoms with Crippen LogP contribution in [0, 0.1) is 24.6 Å². The molecule has 0 aliphatic rings. The average Bonchev–Trinajstić information content (AvgIpc) is 2.66. The Balaban J connectivity index is 1.84. The summed E-state index contributed by atoms with van der Waals surface area (Å²) in [4.78, 5) is 29.5. The molecule has 0 aliphatic carbocycles. The summed E-state index contributed by atoms with van der Waals surface area (Å²) in [6, 6.07) is 9.57. The van der Waals surface area contributed by atoms with Crippen LogP contribution in [0.4, 0.5) is 4.39 Å². The predicted octanol–water partition coefficient (Wildman–Crippen LogP) is 2.65. The van der Waals surface area contributed by atoms with Gasteiger partial charge in [0.1, 0.15) is 17.0 Å². The summed E-state index contributed by atoms with van der Waals surface area (Å²) < 4.78 is 15.3. The molecule has 5 nitrogen and oxygen atoms in total. The smallest absolute Gasteiger partial charge is 0.257 e. The van der Waals surface area contributed by atoms with Crippen LogP contribution in [-0.4, -0.2) is 22.0 Å². The largest absolute Gasteiger partial charge is 0.341 e. The molecule has 2 aromatic heterocycles. The molecule has 0 aliphatic heterocycles. The first-order chi connectivity index (χ1) is 13.0. The number of carbonyl (C=O) groups excluding carboxylic acids is 1. The molecule has 0 unspecified atom stereocenters. The fraction of sp³-hybridized carbons (Fsp3) is 0.190. The maximum absolute atomic E-state index is 13.5. The van der Waals surface area contributed by atoms with Gasteiger partial charge in [-0.05, 0) is 38.1 Å². The first-order valence-electron chi connectivity index (χ1n) is 8.53. The number of fused-ring (bicyclic) bond motifs is 1. The number of amides is 1. The van der Waals surface area contributed by atoms with E-state index in [2.05, 4.69) is 22.1 Å². The van der Waals surface area contributed by atoms with Crippen molar-refractivity contribution in [1.82, 2.24) is 14.9 Å². The van der Waals surface area contributed by atoms with Crippen molar-refractivity contribution in [1.29, 1.82) is 0 Å². The summed E-state index contributed by atoms with van der Waals surface area (Å²) in [7, 11) is 0. The van der Waals surface area contributed by atoms with E-state index in [1.165, 1.54) is 12.3 Å². The minimum absolute atomic E-state index is 0.00289. The Morgan fingerprint density at radius 2 is 2.04 bits per heavy atom. The molecule has 0 bridgehead atoms. The monoisotopic (exact) mass is 363 g/mol. The zero-order valence-electron chi connectivity index (χ0n) is 15.0. The Kier molecular flexibility index (Phi) is 5.32. The summed E-state index contributed by atoms with van der Waals surface area (Å²) in [5, 5.41) is 2.98. The Morgan fingerprint density at radius 3 is 2.78 bits per heavy atom. The number of nitrogens with zero attached hydrogens (tertiary/aromatic N) is 2. The lowest BCUT2D eigenvalue weighted by Crippen LogP contribution is -2.30. The first-order valence-corrected chi connectivity index (χ1v) is 8.53. The van der Waals surface area contributed by atoms with Crippen molar-refractivity contribution in [3.63, 3.8) is 0 Å². The van der Waals surface area contributed by atoms with Crippen LogP contribution in [0.3, 0.4) is 0 Å². The van der Waals surface area contributed by atoms with Gasteiger partial charge in [0.2, 0.25) is 5.43 Å². The highest BCUT2D eigenvalue weighted by molar-refractivity contribution is 5.97. The lowest BCUT2D eigenvalue weighted by molar-refractivity contribution is 0.0957. The molecule has 3 aromatic rings. The van der Waals surface area contributed by atoms with Gasteiger partial charge < -0.3 is 9.88 Å². The van der Waals surface area contributed by atoms with Crippen LogP contribution in [0.25, 0.3) is 11.0 Å². The lowest BCUT2D eigenvalue weighted by atomic mass is 10.1. The van der Waals surface area contributed by atoms with Crippen molar-refractivity contribution in [2.24, 2.45) is 0 Å². The van der Waals surface area contributed by atoms with Crippen LogP contribution >= 0.6 is 0 Å². The fourth-order valence-corrected chi connectivity index (χ4v) is 2.68. The van der Waals surface area contributed by atoms with E-state index in [0.29, 0.717) is 17.6 Å². The highest BCUT2D eigenvalue weighted by Crippen LogP contribution is 2.11. The fourth-order valence-electron chi connectivity index (χ4n) is 2.68. The van der Waals surface area contributed by atoms with E-state index in [0.717, 1.165) is 5.69 Å². The minimum atomic E-state index is -0.521. The quantitative estimate of drug-likeness (QED) is 0.728. The lowest BCUT2D eigenvalue weighted by Gasteiger charge is -2.11. The van der Waals surface area contributed by atoms with Crippen molar-refractivity contribution >= 4 is 16.9 Å². The van der Waals surface area contributed by atoms with Crippen molar-refractivity contribution < 1.29 is 9.18 Å². The van der Waals surface area contributed by atoms with Gasteiger partial charge >= 0.3 is 0 Å². The third kappa shape index (κ3) is 3.87. The molecule has 0 atom stereocenters. The predicted molar refractivity (Wildman–Crippen MR) is 102 cm³/mol. The summed E-state index contributed by atoms with van der Waals surface area (Å²) in [5.41, 5.74) is 1.26. The van der Waals surface area contributed by atoms with Gasteiger partial charge in [0.15, 0.2) is 0 Å². The Morgan fingerprint density at radius 1 is 1.26 bits per heavy atom. The highest BCUT2D eigenvalue weighted by atomic mass is 19.1. The second kappa shape index (κ2) is 7.83. The summed E-state index contributed by atoms with van der Waals surface area (Å²) in [6.07, 6.45) is 1.51. The number of aromatic nitrogens is 2. The molecule has 1 aromatic carbocycles. The third-order valence-electron chi connectivity index (χ3n) is 4.08. The number of carbonyl (C=O) groups is 1. The summed E-state index contributed by atoms with van der Waals surface area (Å²) >= 11 is 0. The maximum atomic E-state index is 13.5. The molecule has 1 N–H and O–H groups in total. The van der Waals surface area contributed by atoms with Gasteiger partial charge in [-0.1, -0.05) is 24.0 Å². The van der Waals surface area contributed by atoms with Crippen LogP contribution < -0.4 is 10.7 Å². The molecule has 3 rings (SSSR count). The van der Waals surface area contributed by atoms with Crippen LogP contribution in [0.1, 0.15) is 28.5 Å². The van der Waals surface area contributed by atoms with E-state index in [4.69, 9.17) is 0 Å². The second-order valence-electron chi connectivity index (χ2n) is 5.95. The van der Waals surface area contributed by atoms with E-state index >= 15 is 0 Å². The van der Waals surface area contributed by atoms with Gasteiger partial charge in [0, 0.05) is 18.4 Å². The Labute approximate surface area is 155 Å². The first kappa shape index (κ1) is 18.3. The van der Waals surface area contributed by atoms with Crippen molar-refractivity contribution in [3.05, 3.63) is 75.5 Å². The number of aryl methyl sites for hydroxylation is 2. The minimum Gasteiger partial charge on any atom is -0.341 e. The van der Waals surface area contributed by atoms with Crippen molar-refractivity contribution in [3.8, 4) is 11.8 Å². The molecule has 6 heteroatoms. The van der Waals surface area contributed by atoms with E-state index in [9.17, 15) is 14.0 Å². The molecule has 136 valence electrons. The molecular formula is C21H18FN3O2. The zero-order chi connectivity index (χ0) is 19.4. The summed E-state index contributed by atoms with van der Waals surface area (Å²) in [6.45, 7) is 4.33. The van der Waals surface area contributed by atoms with Crippen molar-refractivity contribution in [2.45, 2.75) is 20.4 Å². The number of rotatable bonds is 3. The molecule has 1 amide bonds. The van der Waals surface area contributed by atoms with Crippen LogP contribution in [0.15, 0.2) is 47.4 Å². The molecular weight excluding hydrogens is 345 g/mol. The highest BCUT2D eigenvalue weighted by Gasteiger charge is 2.15. The molecule has 0 fully saturated rings. The number of hydrogen-bond donors (Lipinski definition) is 1. The number of pyridine rings is 2. The molecule has 0 saturated carbocycles. The van der Waals surface area contributed by atoms with Gasteiger partial charge in [-0.25, -0.2) is 9.37 Å². The average molecular weight is 363 g/mol. The molecule has 0 radical (unpaired) electrons. The van der Waals surface area contributed by atoms with E-state index in [-0.39, 0.29) is 23.1 Å². The SMILES string of the molecule is CCn1cc(C(=O)NCC#Cc2ccccc2F)c(=O)c2ccc(C)nc21. The van der Waals surface area contributed by atoms with Crippen LogP contribution in [-0.2, 0) is 6.54 Å². The van der Waals surface area contributed by atoms with E-state index in [1.54, 1.807) is 34.9 Å². The zero-order valence-corrected chi connectivity index (χ0v) is 15.0. The van der Waals surface area contributed by atoms with Gasteiger partial charge in [-0.3, -0.25) is 9.59 Å². The number of benzene rings is 1. The van der Waals surface area contributed by atoms with Gasteiger partial charge in [-0.15, -0.1) is 0 Å². The second-order valence-corrected chi connectivity index (χ2v) is 5.95. The number of hydrogen-bond acceptors (Lipinski definition) is 3. The Hall–Kier alpha value is -3.46. The molecule has 0 spiro atoms. The molecule has 2 heterocycles. The van der Waals surface area contributed by atoms with Crippen LogP contribution in [0.2, 0.25) is 0 Å². The van der Waals surface area contributed by atoms with Gasteiger partial charge in [0.05, 0.1) is 17.5 Å². The third-order valence-corrected chi connectivity index (χ3v) is 4.08. The number of halogens is 1. The van der Waals surface area contributed by atoms with E-state index < -0.39 is 11.7 Å². The Bertz CT molecular complexity index is 1140. The molecule has 27 heavy (non-hydrogen) atoms. The van der Waals surface area contributed by atoms with E-state index in [1.807, 2.05) is 13.8 Å². The van der Waals surface area contributed by atoms with Crippen LogP contribution in [0.5, 0.6) is 0 Å².